The van der Waals surface area contributed by atoms with Crippen molar-refractivity contribution in [3.05, 3.63) is 106 Å². The minimum atomic E-state index is -4.84. The summed E-state index contributed by atoms with van der Waals surface area (Å²) in [6, 6.07) is 13.4. The average Bonchev–Trinajstić information content (AvgIpc) is 3.27. The van der Waals surface area contributed by atoms with Crippen molar-refractivity contribution in [2.75, 3.05) is 14.2 Å². The lowest BCUT2D eigenvalue weighted by molar-refractivity contribution is -0.206. The molecule has 0 aliphatic carbocycles. The largest absolute Gasteiger partial charge is 0.497 e. The van der Waals surface area contributed by atoms with Gasteiger partial charge in [0.25, 0.3) is 5.91 Å². The van der Waals surface area contributed by atoms with Gasteiger partial charge >= 0.3 is 6.18 Å². The Morgan fingerprint density at radius 1 is 0.952 bits per heavy atom. The van der Waals surface area contributed by atoms with Gasteiger partial charge in [0.2, 0.25) is 0 Å². The number of methoxy groups -OCH3 is 2. The van der Waals surface area contributed by atoms with Gasteiger partial charge in [-0.2, -0.15) is 13.2 Å². The van der Waals surface area contributed by atoms with Crippen LogP contribution in [0.3, 0.4) is 0 Å². The van der Waals surface area contributed by atoms with Crippen molar-refractivity contribution in [3.63, 3.8) is 0 Å². The number of rotatable bonds is 8. The first-order valence-corrected chi connectivity index (χ1v) is 12.7. The smallest absolute Gasteiger partial charge is 0.418 e. The van der Waals surface area contributed by atoms with E-state index in [9.17, 15) is 31.9 Å². The molecule has 1 N–H and O–H groups in total. The molecule has 218 valence electrons. The molecule has 42 heavy (non-hydrogen) atoms. The highest BCUT2D eigenvalue weighted by atomic mass is 19.4. The molecule has 2 heterocycles. The molecule has 0 fully saturated rings. The summed E-state index contributed by atoms with van der Waals surface area (Å²) < 4.78 is 78.9. The van der Waals surface area contributed by atoms with Crippen LogP contribution in [0.15, 0.2) is 60.7 Å². The molecular formula is C30H24F5N3O4. The molecule has 7 nitrogen and oxygen atoms in total. The molecule has 0 spiro atoms. The van der Waals surface area contributed by atoms with Gasteiger partial charge in [-0.3, -0.25) is 4.79 Å². The lowest BCUT2D eigenvalue weighted by Gasteiger charge is -2.18. The lowest BCUT2D eigenvalue weighted by Crippen LogP contribution is -2.24. The Bertz CT molecular complexity index is 1620. The predicted octanol–water partition coefficient (Wildman–Crippen LogP) is 5.78. The monoisotopic (exact) mass is 585 g/mol. The quantitative estimate of drug-likeness (QED) is 0.264. The van der Waals surface area contributed by atoms with Crippen molar-refractivity contribution < 1.29 is 41.3 Å². The fraction of sp³-hybridized carbons (Fsp3) is 0.233. The summed E-state index contributed by atoms with van der Waals surface area (Å²) >= 11 is 0. The summed E-state index contributed by atoms with van der Waals surface area (Å²) in [5.41, 5.74) is 0.847. The number of fused-ring (bicyclic) bond motifs is 1. The van der Waals surface area contributed by atoms with Crippen LogP contribution in [-0.4, -0.2) is 46.3 Å². The second-order valence-corrected chi connectivity index (χ2v) is 9.61. The van der Waals surface area contributed by atoms with Crippen molar-refractivity contribution in [1.29, 1.82) is 0 Å². The molecular weight excluding hydrogens is 561 g/mol. The molecule has 12 heteroatoms. The van der Waals surface area contributed by atoms with Gasteiger partial charge in [0, 0.05) is 18.1 Å². The fourth-order valence-corrected chi connectivity index (χ4v) is 4.80. The van der Waals surface area contributed by atoms with Gasteiger partial charge in [0.15, 0.2) is 11.9 Å². The Balaban J connectivity index is 1.53. The van der Waals surface area contributed by atoms with Gasteiger partial charge in [-0.1, -0.05) is 30.3 Å². The van der Waals surface area contributed by atoms with E-state index in [1.165, 1.54) is 37.3 Å². The molecule has 1 aromatic heterocycles. The van der Waals surface area contributed by atoms with E-state index in [0.717, 1.165) is 24.3 Å². The lowest BCUT2D eigenvalue weighted by atomic mass is 10.0. The molecule has 1 aliphatic rings. The maximum Gasteiger partial charge on any atom is 0.418 e. The van der Waals surface area contributed by atoms with Crippen molar-refractivity contribution in [1.82, 2.24) is 14.9 Å². The maximum absolute atomic E-state index is 14.7. The van der Waals surface area contributed by atoms with Gasteiger partial charge in [-0.15, -0.1) is 0 Å². The minimum absolute atomic E-state index is 0.0126. The summed E-state index contributed by atoms with van der Waals surface area (Å²) in [5.74, 6) is -1.43. The van der Waals surface area contributed by atoms with Crippen LogP contribution in [0.25, 0.3) is 11.4 Å². The number of ether oxygens (including phenoxy) is 2. The zero-order valence-corrected chi connectivity index (χ0v) is 22.4. The number of carbonyl (C=O) groups is 1. The summed E-state index contributed by atoms with van der Waals surface area (Å²) in [7, 11) is 2.99. The van der Waals surface area contributed by atoms with Crippen LogP contribution in [0, 0.1) is 11.6 Å². The van der Waals surface area contributed by atoms with Gasteiger partial charge in [0.1, 0.15) is 23.1 Å². The summed E-state index contributed by atoms with van der Waals surface area (Å²) in [6.07, 6.45) is -7.55. The van der Waals surface area contributed by atoms with E-state index >= 15 is 0 Å². The Labute approximate surface area is 237 Å². The average molecular weight is 586 g/mol. The summed E-state index contributed by atoms with van der Waals surface area (Å²) in [4.78, 5) is 23.9. The topological polar surface area (TPSA) is 84.8 Å². The molecule has 3 aromatic carbocycles. The predicted molar refractivity (Wildman–Crippen MR) is 141 cm³/mol. The van der Waals surface area contributed by atoms with E-state index in [4.69, 9.17) is 9.47 Å². The van der Waals surface area contributed by atoms with Gasteiger partial charge < -0.3 is 19.5 Å². The number of benzene rings is 3. The van der Waals surface area contributed by atoms with Crippen molar-refractivity contribution >= 4 is 5.91 Å². The van der Waals surface area contributed by atoms with E-state index in [0.29, 0.717) is 22.6 Å². The van der Waals surface area contributed by atoms with Crippen molar-refractivity contribution in [2.45, 2.75) is 31.8 Å². The zero-order chi connectivity index (χ0) is 30.2. The highest BCUT2D eigenvalue weighted by molar-refractivity contribution is 5.99. The molecule has 1 atom stereocenters. The van der Waals surface area contributed by atoms with Crippen LogP contribution in [0.4, 0.5) is 22.0 Å². The number of hydrogen-bond donors (Lipinski definition) is 1. The van der Waals surface area contributed by atoms with Crippen LogP contribution >= 0.6 is 0 Å². The van der Waals surface area contributed by atoms with Crippen LogP contribution in [0.2, 0.25) is 0 Å². The molecule has 0 radical (unpaired) electrons. The van der Waals surface area contributed by atoms with Crippen molar-refractivity contribution in [2.24, 2.45) is 0 Å². The van der Waals surface area contributed by atoms with Gasteiger partial charge in [0.05, 0.1) is 49.8 Å². The Kier molecular flexibility index (Phi) is 7.83. The summed E-state index contributed by atoms with van der Waals surface area (Å²) in [5, 5.41) is 9.55. The van der Waals surface area contributed by atoms with Gasteiger partial charge in [-0.25, -0.2) is 18.7 Å². The van der Waals surface area contributed by atoms with E-state index in [2.05, 4.69) is 9.97 Å². The van der Waals surface area contributed by atoms with E-state index in [1.54, 1.807) is 18.2 Å². The number of alkyl halides is 3. The third-order valence-electron chi connectivity index (χ3n) is 6.92. The molecule has 1 amide bonds. The van der Waals surface area contributed by atoms with Gasteiger partial charge in [-0.05, 0) is 35.4 Å². The Morgan fingerprint density at radius 2 is 1.64 bits per heavy atom. The molecule has 1 unspecified atom stereocenters. The standard InChI is InChI=1S/C30H24F5N3O4/c1-41-19-11-10-18(24(13-19)42-2)14-38-15-23-26(29(38)40)22(36-28(37-23)25-20(31)4-3-5-21(25)32)12-16-6-8-17(9-7-16)27(39)30(33,34)35/h3-11,13,27,39H,12,14-15H2,1-2H3. The number of hydrogen-bond acceptors (Lipinski definition) is 6. The number of carbonyl (C=O) groups excluding carboxylic acids is 1. The van der Waals surface area contributed by atoms with E-state index < -0.39 is 35.4 Å². The molecule has 0 saturated carbocycles. The second kappa shape index (κ2) is 11.4. The maximum atomic E-state index is 14.7. The van der Waals surface area contributed by atoms with Crippen molar-refractivity contribution in [3.8, 4) is 22.9 Å². The van der Waals surface area contributed by atoms with E-state index in [1.807, 2.05) is 0 Å². The third-order valence-corrected chi connectivity index (χ3v) is 6.92. The second-order valence-electron chi connectivity index (χ2n) is 9.61. The number of amides is 1. The fourth-order valence-electron chi connectivity index (χ4n) is 4.80. The minimum Gasteiger partial charge on any atom is -0.497 e. The first-order chi connectivity index (χ1) is 20.0. The van der Waals surface area contributed by atoms with Crippen LogP contribution in [0.5, 0.6) is 11.5 Å². The number of aliphatic hydroxyl groups excluding tert-OH is 1. The number of nitrogens with zero attached hydrogens (tertiary/aromatic N) is 3. The number of halogens is 5. The van der Waals surface area contributed by atoms with Crippen LogP contribution in [-0.2, 0) is 19.5 Å². The van der Waals surface area contributed by atoms with Crippen LogP contribution in [0.1, 0.15) is 44.5 Å². The molecule has 0 saturated heterocycles. The SMILES string of the molecule is COc1ccc(CN2Cc3nc(-c4c(F)cccc4F)nc(Cc4ccc(C(O)C(F)(F)F)cc4)c3C2=O)c(OC)c1. The molecule has 5 rings (SSSR count). The first-order valence-electron chi connectivity index (χ1n) is 12.7. The third kappa shape index (κ3) is 5.62. The zero-order valence-electron chi connectivity index (χ0n) is 22.4. The number of aliphatic hydroxyl groups is 1. The molecule has 0 bridgehead atoms. The highest BCUT2D eigenvalue weighted by Crippen LogP contribution is 2.35. The molecule has 4 aromatic rings. The van der Waals surface area contributed by atoms with E-state index in [-0.39, 0.29) is 47.8 Å². The number of aromatic nitrogens is 2. The van der Waals surface area contributed by atoms with Crippen LogP contribution < -0.4 is 9.47 Å². The summed E-state index contributed by atoms with van der Waals surface area (Å²) in [6.45, 7) is 0.133. The first kappa shape index (κ1) is 28.9. The molecule has 1 aliphatic heterocycles. The normalized spacial score (nSPS) is 13.7. The Hall–Kier alpha value is -4.58. The highest BCUT2D eigenvalue weighted by Gasteiger charge is 2.39. The Morgan fingerprint density at radius 3 is 2.26 bits per heavy atom.